The fraction of sp³-hybridized carbons (Fsp3) is 0.286. The highest BCUT2D eigenvalue weighted by atomic mass is 32.2. The Hall–Kier alpha value is -2.44. The fourth-order valence-corrected chi connectivity index (χ4v) is 4.62. The molecule has 3 rings (SSSR count). The van der Waals surface area contributed by atoms with E-state index < -0.39 is 10.0 Å². The predicted octanol–water partition coefficient (Wildman–Crippen LogP) is 3.52. The van der Waals surface area contributed by atoms with Crippen LogP contribution in [0.1, 0.15) is 18.1 Å². The van der Waals surface area contributed by atoms with E-state index in [1.807, 2.05) is 57.1 Å². The number of benzene rings is 2. The summed E-state index contributed by atoms with van der Waals surface area (Å²) >= 11 is 0. The summed E-state index contributed by atoms with van der Waals surface area (Å²) in [6, 6.07) is 14.9. The smallest absolute Gasteiger partial charge is 0.241 e. The largest absolute Gasteiger partial charge is 0.378 e. The average Bonchev–Trinajstić information content (AvgIpc) is 2.62. The van der Waals surface area contributed by atoms with Gasteiger partial charge in [0.15, 0.2) is 0 Å². The Balaban J connectivity index is 1.81. The Morgan fingerprint density at radius 1 is 1.07 bits per heavy atom. The molecular weight excluding hydrogens is 358 g/mol. The maximum Gasteiger partial charge on any atom is 0.241 e. The number of pyridine rings is 1. The second-order valence-electron chi connectivity index (χ2n) is 7.07. The van der Waals surface area contributed by atoms with Gasteiger partial charge in [-0.1, -0.05) is 18.2 Å². The van der Waals surface area contributed by atoms with Crippen molar-refractivity contribution >= 4 is 26.6 Å². The van der Waals surface area contributed by atoms with Crippen molar-refractivity contribution in [1.82, 2.24) is 9.71 Å². The number of rotatable bonds is 6. The zero-order valence-corrected chi connectivity index (χ0v) is 16.9. The van der Waals surface area contributed by atoms with Crippen LogP contribution < -0.4 is 9.62 Å². The molecule has 0 aliphatic rings. The summed E-state index contributed by atoms with van der Waals surface area (Å²) in [6.45, 7) is 3.81. The lowest BCUT2D eigenvalue weighted by atomic mass is 10.1. The van der Waals surface area contributed by atoms with Crippen LogP contribution in [-0.4, -0.2) is 33.5 Å². The first-order valence-corrected chi connectivity index (χ1v) is 10.4. The number of fused-ring (bicyclic) bond motifs is 1. The van der Waals surface area contributed by atoms with Crippen molar-refractivity contribution in [2.24, 2.45) is 0 Å². The topological polar surface area (TPSA) is 62.3 Å². The molecule has 0 aliphatic carbocycles. The summed E-state index contributed by atoms with van der Waals surface area (Å²) in [6.07, 6.45) is 2.30. The molecule has 6 heteroatoms. The van der Waals surface area contributed by atoms with Crippen LogP contribution in [0.25, 0.3) is 10.9 Å². The summed E-state index contributed by atoms with van der Waals surface area (Å²) in [7, 11) is 0.342. The molecule has 1 heterocycles. The number of anilines is 1. The van der Waals surface area contributed by atoms with Crippen LogP contribution in [0.15, 0.2) is 59.6 Å². The van der Waals surface area contributed by atoms with Gasteiger partial charge < -0.3 is 4.90 Å². The summed E-state index contributed by atoms with van der Waals surface area (Å²) in [5.41, 5.74) is 3.88. The van der Waals surface area contributed by atoms with E-state index >= 15 is 0 Å². The molecule has 1 atom stereocenters. The minimum Gasteiger partial charge on any atom is -0.378 e. The zero-order valence-electron chi connectivity index (χ0n) is 16.1. The predicted molar refractivity (Wildman–Crippen MR) is 111 cm³/mol. The number of aryl methyl sites for hydroxylation is 1. The molecule has 1 N–H and O–H groups in total. The molecule has 0 amide bonds. The number of hydrogen-bond donors (Lipinski definition) is 1. The van der Waals surface area contributed by atoms with Crippen LogP contribution in [0.3, 0.4) is 0 Å². The van der Waals surface area contributed by atoms with Crippen LogP contribution in [0.2, 0.25) is 0 Å². The molecule has 0 saturated heterocycles. The molecule has 142 valence electrons. The summed E-state index contributed by atoms with van der Waals surface area (Å²) < 4.78 is 28.7. The van der Waals surface area contributed by atoms with Gasteiger partial charge in [-0.15, -0.1) is 0 Å². The quantitative estimate of drug-likeness (QED) is 0.707. The highest BCUT2D eigenvalue weighted by molar-refractivity contribution is 7.89. The molecule has 0 bridgehead atoms. The third kappa shape index (κ3) is 4.28. The minimum absolute atomic E-state index is 0.228. The van der Waals surface area contributed by atoms with Crippen molar-refractivity contribution in [3.63, 3.8) is 0 Å². The maximum absolute atomic E-state index is 13.0. The van der Waals surface area contributed by atoms with Gasteiger partial charge in [-0.05, 0) is 61.7 Å². The van der Waals surface area contributed by atoms with Gasteiger partial charge in [-0.25, -0.2) is 13.1 Å². The Morgan fingerprint density at radius 3 is 2.44 bits per heavy atom. The lowest BCUT2D eigenvalue weighted by Gasteiger charge is -2.17. The molecule has 2 aromatic carbocycles. The van der Waals surface area contributed by atoms with Gasteiger partial charge in [-0.2, -0.15) is 0 Å². The molecule has 1 unspecified atom stereocenters. The van der Waals surface area contributed by atoms with Crippen LogP contribution in [-0.2, 0) is 16.4 Å². The second kappa shape index (κ2) is 7.66. The van der Waals surface area contributed by atoms with Crippen LogP contribution >= 0.6 is 0 Å². The van der Waals surface area contributed by atoms with Gasteiger partial charge in [-0.3, -0.25) is 4.98 Å². The summed E-state index contributed by atoms with van der Waals surface area (Å²) in [5, 5.41) is 0.646. The normalized spacial score (nSPS) is 12.9. The number of nitrogens with one attached hydrogen (secondary N) is 1. The maximum atomic E-state index is 13.0. The molecule has 0 fully saturated rings. The third-order valence-electron chi connectivity index (χ3n) is 4.57. The molecule has 1 aromatic heterocycles. The molecule has 5 nitrogen and oxygen atoms in total. The number of aromatic nitrogens is 1. The molecular formula is C21H25N3O2S. The average molecular weight is 384 g/mol. The molecule has 0 aliphatic heterocycles. The van der Waals surface area contributed by atoms with Gasteiger partial charge in [0.25, 0.3) is 0 Å². The standard InChI is InChI=1S/C21H25N3O2S/c1-15-7-12-20(19-6-5-13-22-21(15)19)27(25,26)23-16(2)14-17-8-10-18(11-9-17)24(3)4/h5-13,16,23H,14H2,1-4H3. The van der Waals surface area contributed by atoms with Crippen LogP contribution in [0.5, 0.6) is 0 Å². The first-order valence-electron chi connectivity index (χ1n) is 8.91. The van der Waals surface area contributed by atoms with Gasteiger partial charge in [0, 0.05) is 37.4 Å². The van der Waals surface area contributed by atoms with Crippen LogP contribution in [0, 0.1) is 6.92 Å². The molecule has 0 radical (unpaired) electrons. The Bertz CT molecular complexity index is 1040. The lowest BCUT2D eigenvalue weighted by molar-refractivity contribution is 0.560. The van der Waals surface area contributed by atoms with E-state index in [2.05, 4.69) is 9.71 Å². The number of sulfonamides is 1. The van der Waals surface area contributed by atoms with Gasteiger partial charge >= 0.3 is 0 Å². The minimum atomic E-state index is -3.64. The third-order valence-corrected chi connectivity index (χ3v) is 6.22. The fourth-order valence-electron chi connectivity index (χ4n) is 3.18. The number of hydrogen-bond acceptors (Lipinski definition) is 4. The lowest BCUT2D eigenvalue weighted by Crippen LogP contribution is -2.34. The first-order chi connectivity index (χ1) is 12.8. The van der Waals surface area contributed by atoms with Crippen LogP contribution in [0.4, 0.5) is 5.69 Å². The second-order valence-corrected chi connectivity index (χ2v) is 8.75. The Kier molecular flexibility index (Phi) is 5.48. The SMILES string of the molecule is Cc1ccc(S(=O)(=O)NC(C)Cc2ccc(N(C)C)cc2)c2cccnc12. The highest BCUT2D eigenvalue weighted by Gasteiger charge is 2.21. The van der Waals surface area contributed by atoms with Crippen molar-refractivity contribution in [1.29, 1.82) is 0 Å². The molecule has 3 aromatic rings. The van der Waals surface area contributed by atoms with E-state index in [0.717, 1.165) is 16.8 Å². The summed E-state index contributed by atoms with van der Waals surface area (Å²) in [4.78, 5) is 6.63. The Morgan fingerprint density at radius 2 is 1.78 bits per heavy atom. The zero-order chi connectivity index (χ0) is 19.6. The van der Waals surface area contributed by atoms with Gasteiger partial charge in [0.1, 0.15) is 0 Å². The van der Waals surface area contributed by atoms with E-state index in [4.69, 9.17) is 0 Å². The molecule has 27 heavy (non-hydrogen) atoms. The molecule has 0 saturated carbocycles. The Labute approximate surface area is 161 Å². The van der Waals surface area contributed by atoms with Crippen molar-refractivity contribution in [2.45, 2.75) is 31.2 Å². The number of nitrogens with zero attached hydrogens (tertiary/aromatic N) is 2. The van der Waals surface area contributed by atoms with Crippen molar-refractivity contribution in [3.8, 4) is 0 Å². The van der Waals surface area contributed by atoms with E-state index in [9.17, 15) is 8.42 Å². The summed E-state index contributed by atoms with van der Waals surface area (Å²) in [5.74, 6) is 0. The van der Waals surface area contributed by atoms with E-state index in [1.165, 1.54) is 0 Å². The van der Waals surface area contributed by atoms with E-state index in [-0.39, 0.29) is 10.9 Å². The monoisotopic (exact) mass is 383 g/mol. The van der Waals surface area contributed by atoms with Crippen molar-refractivity contribution < 1.29 is 8.42 Å². The molecule has 0 spiro atoms. The van der Waals surface area contributed by atoms with Gasteiger partial charge in [0.05, 0.1) is 10.4 Å². The van der Waals surface area contributed by atoms with E-state index in [1.54, 1.807) is 30.5 Å². The van der Waals surface area contributed by atoms with E-state index in [0.29, 0.717) is 17.3 Å². The highest BCUT2D eigenvalue weighted by Crippen LogP contribution is 2.24. The first kappa shape index (κ1) is 19.3. The van der Waals surface area contributed by atoms with Crippen molar-refractivity contribution in [2.75, 3.05) is 19.0 Å². The van der Waals surface area contributed by atoms with Gasteiger partial charge in [0.2, 0.25) is 10.0 Å². The van der Waals surface area contributed by atoms with Crippen molar-refractivity contribution in [3.05, 3.63) is 65.9 Å².